The molecule has 0 unspecified atom stereocenters. The van der Waals surface area contributed by atoms with Gasteiger partial charge in [-0.1, -0.05) is 12.1 Å². The summed E-state index contributed by atoms with van der Waals surface area (Å²) in [5.41, 5.74) is 2.33. The predicted molar refractivity (Wildman–Crippen MR) is 107 cm³/mol. The van der Waals surface area contributed by atoms with Gasteiger partial charge in [-0.3, -0.25) is 9.69 Å². The van der Waals surface area contributed by atoms with Crippen LogP contribution in [0.1, 0.15) is 12.5 Å². The number of hydrogen-bond donors (Lipinski definition) is 0. The lowest BCUT2D eigenvalue weighted by Gasteiger charge is -2.37. The number of fused-ring (bicyclic) bond motifs is 1. The Bertz CT molecular complexity index is 720. The van der Waals surface area contributed by atoms with Crippen molar-refractivity contribution < 1.29 is 9.53 Å². The van der Waals surface area contributed by atoms with Crippen molar-refractivity contribution in [2.24, 2.45) is 0 Å². The van der Waals surface area contributed by atoms with Crippen LogP contribution in [0.3, 0.4) is 0 Å². The number of rotatable bonds is 7. The zero-order valence-corrected chi connectivity index (χ0v) is 16.5. The van der Waals surface area contributed by atoms with Gasteiger partial charge in [0, 0.05) is 26.7 Å². The zero-order valence-electron chi connectivity index (χ0n) is 15.7. The number of hydrogen-bond acceptors (Lipinski definition) is 5. The summed E-state index contributed by atoms with van der Waals surface area (Å²) in [4.78, 5) is 18.7. The third-order valence-corrected chi connectivity index (χ3v) is 5.38. The Hall–Kier alpha value is -2.05. The quantitative estimate of drug-likeness (QED) is 0.748. The average molecular weight is 374 g/mol. The summed E-state index contributed by atoms with van der Waals surface area (Å²) >= 11 is 1.66. The average Bonchev–Trinajstić information content (AvgIpc) is 3.13. The van der Waals surface area contributed by atoms with Crippen LogP contribution >= 0.6 is 11.3 Å². The molecule has 140 valence electrons. The highest BCUT2D eigenvalue weighted by atomic mass is 32.1. The molecule has 1 aliphatic heterocycles. The van der Waals surface area contributed by atoms with E-state index in [-0.39, 0.29) is 12.0 Å². The summed E-state index contributed by atoms with van der Waals surface area (Å²) in [6.07, 6.45) is 0.0600. The number of benzene rings is 1. The summed E-state index contributed by atoms with van der Waals surface area (Å²) in [5.74, 6) is 1.06. The van der Waals surface area contributed by atoms with Gasteiger partial charge >= 0.3 is 0 Å². The number of nitrogens with zero attached hydrogens (tertiary/aromatic N) is 3. The van der Waals surface area contributed by atoms with Gasteiger partial charge in [0.1, 0.15) is 11.9 Å². The molecular weight excluding hydrogens is 346 g/mol. The van der Waals surface area contributed by atoms with Crippen molar-refractivity contribution >= 4 is 22.9 Å². The monoisotopic (exact) mass is 373 g/mol. The lowest BCUT2D eigenvalue weighted by Crippen LogP contribution is -2.47. The molecule has 0 N–H and O–H groups in total. The maximum absolute atomic E-state index is 12.5. The summed E-state index contributed by atoms with van der Waals surface area (Å²) in [5, 5.41) is 4.12. The first-order valence-corrected chi connectivity index (χ1v) is 9.95. The fourth-order valence-corrected chi connectivity index (χ4v) is 3.94. The van der Waals surface area contributed by atoms with Crippen molar-refractivity contribution in [2.45, 2.75) is 19.6 Å². The number of anilines is 1. The standard InChI is InChI=1S/C20H27N3O2S/c1-4-23-13-17(25-19-8-6-5-7-18(19)23)12-21(2)14-20(24)22(3)11-16-9-10-26-15-16/h5-10,15,17H,4,11-14H2,1-3H3/t17-/m0/s1. The van der Waals surface area contributed by atoms with Crippen molar-refractivity contribution in [3.63, 3.8) is 0 Å². The van der Waals surface area contributed by atoms with Crippen LogP contribution < -0.4 is 9.64 Å². The third-order valence-electron chi connectivity index (χ3n) is 4.65. The van der Waals surface area contributed by atoms with Crippen molar-refractivity contribution in [1.29, 1.82) is 0 Å². The third kappa shape index (κ3) is 4.56. The predicted octanol–water partition coefficient (Wildman–Crippen LogP) is 2.93. The fraction of sp³-hybridized carbons (Fsp3) is 0.450. The first-order valence-electron chi connectivity index (χ1n) is 9.01. The molecule has 0 saturated carbocycles. The Morgan fingerprint density at radius 2 is 2.12 bits per heavy atom. The summed E-state index contributed by atoms with van der Waals surface area (Å²) in [6.45, 7) is 5.73. The first kappa shape index (κ1) is 18.7. The highest BCUT2D eigenvalue weighted by Crippen LogP contribution is 2.32. The minimum absolute atomic E-state index is 0.0600. The molecule has 1 aromatic carbocycles. The van der Waals surface area contributed by atoms with E-state index in [1.807, 2.05) is 37.7 Å². The number of thiophene rings is 1. The molecule has 1 aliphatic rings. The topological polar surface area (TPSA) is 36.0 Å². The van der Waals surface area contributed by atoms with Gasteiger partial charge in [0.2, 0.25) is 5.91 Å². The van der Waals surface area contributed by atoms with Crippen LogP contribution in [0.5, 0.6) is 5.75 Å². The summed E-state index contributed by atoms with van der Waals surface area (Å²) in [7, 11) is 3.84. The Labute approximate surface area is 159 Å². The number of amides is 1. The van der Waals surface area contributed by atoms with Crippen LogP contribution in [0, 0.1) is 0 Å². The lowest BCUT2D eigenvalue weighted by atomic mass is 10.2. The van der Waals surface area contributed by atoms with E-state index in [4.69, 9.17) is 4.74 Å². The number of carbonyl (C=O) groups excluding carboxylic acids is 1. The van der Waals surface area contributed by atoms with Crippen molar-refractivity contribution in [3.8, 4) is 5.75 Å². The van der Waals surface area contributed by atoms with Gasteiger partial charge in [0.05, 0.1) is 18.8 Å². The molecule has 1 atom stereocenters. The first-order chi connectivity index (χ1) is 12.6. The van der Waals surface area contributed by atoms with E-state index in [0.29, 0.717) is 13.1 Å². The van der Waals surface area contributed by atoms with Gasteiger partial charge in [-0.05, 0) is 48.5 Å². The van der Waals surface area contributed by atoms with Gasteiger partial charge < -0.3 is 14.5 Å². The van der Waals surface area contributed by atoms with Crippen molar-refractivity contribution in [3.05, 3.63) is 46.7 Å². The van der Waals surface area contributed by atoms with Crippen LogP contribution in [0.15, 0.2) is 41.1 Å². The van der Waals surface area contributed by atoms with Crippen LogP contribution in [0.4, 0.5) is 5.69 Å². The van der Waals surface area contributed by atoms with Gasteiger partial charge in [0.25, 0.3) is 0 Å². The van der Waals surface area contributed by atoms with Gasteiger partial charge in [-0.2, -0.15) is 11.3 Å². The molecule has 5 nitrogen and oxygen atoms in total. The number of carbonyl (C=O) groups is 1. The highest BCUT2D eigenvalue weighted by molar-refractivity contribution is 7.07. The molecule has 6 heteroatoms. The van der Waals surface area contributed by atoms with Crippen molar-refractivity contribution in [2.75, 3.05) is 45.2 Å². The molecule has 0 bridgehead atoms. The van der Waals surface area contributed by atoms with E-state index in [0.717, 1.165) is 31.1 Å². The van der Waals surface area contributed by atoms with E-state index in [1.54, 1.807) is 16.2 Å². The maximum atomic E-state index is 12.5. The minimum atomic E-state index is 0.0600. The van der Waals surface area contributed by atoms with Crippen LogP contribution in [0.2, 0.25) is 0 Å². The zero-order chi connectivity index (χ0) is 18.5. The largest absolute Gasteiger partial charge is 0.485 e. The van der Waals surface area contributed by atoms with E-state index < -0.39 is 0 Å². The molecule has 0 radical (unpaired) electrons. The van der Waals surface area contributed by atoms with Crippen LogP contribution in [-0.4, -0.2) is 62.1 Å². The normalized spacial score (nSPS) is 16.3. The van der Waals surface area contributed by atoms with Gasteiger partial charge in [0.15, 0.2) is 0 Å². The van der Waals surface area contributed by atoms with E-state index >= 15 is 0 Å². The molecule has 0 aliphatic carbocycles. The Morgan fingerprint density at radius 3 is 2.85 bits per heavy atom. The van der Waals surface area contributed by atoms with E-state index in [1.165, 1.54) is 5.56 Å². The Morgan fingerprint density at radius 1 is 1.31 bits per heavy atom. The number of likely N-dealkylation sites (N-methyl/N-ethyl adjacent to an activating group) is 3. The molecule has 3 rings (SSSR count). The molecule has 0 fully saturated rings. The molecule has 0 spiro atoms. The molecule has 1 amide bonds. The molecule has 26 heavy (non-hydrogen) atoms. The highest BCUT2D eigenvalue weighted by Gasteiger charge is 2.26. The fourth-order valence-electron chi connectivity index (χ4n) is 3.28. The second kappa shape index (κ2) is 8.56. The Kier molecular flexibility index (Phi) is 6.16. The molecule has 0 saturated heterocycles. The van der Waals surface area contributed by atoms with Gasteiger partial charge in [-0.25, -0.2) is 0 Å². The lowest BCUT2D eigenvalue weighted by molar-refractivity contribution is -0.131. The second-order valence-corrected chi connectivity index (χ2v) is 7.60. The van der Waals surface area contributed by atoms with Crippen LogP contribution in [-0.2, 0) is 11.3 Å². The van der Waals surface area contributed by atoms with E-state index in [9.17, 15) is 4.79 Å². The maximum Gasteiger partial charge on any atom is 0.236 e. The minimum Gasteiger partial charge on any atom is -0.485 e. The van der Waals surface area contributed by atoms with Gasteiger partial charge in [-0.15, -0.1) is 0 Å². The van der Waals surface area contributed by atoms with Crippen LogP contribution in [0.25, 0.3) is 0 Å². The molecule has 1 aromatic heterocycles. The smallest absolute Gasteiger partial charge is 0.236 e. The Balaban J connectivity index is 1.53. The summed E-state index contributed by atoms with van der Waals surface area (Å²) in [6, 6.07) is 10.2. The number of ether oxygens (including phenoxy) is 1. The summed E-state index contributed by atoms with van der Waals surface area (Å²) < 4.78 is 6.16. The number of para-hydroxylation sites is 2. The van der Waals surface area contributed by atoms with E-state index in [2.05, 4.69) is 34.2 Å². The van der Waals surface area contributed by atoms with Crippen molar-refractivity contribution in [1.82, 2.24) is 9.80 Å². The SMILES string of the molecule is CCN1C[C@H](CN(C)CC(=O)N(C)Cc2ccsc2)Oc2ccccc21. The molecule has 2 aromatic rings. The molecule has 2 heterocycles. The second-order valence-electron chi connectivity index (χ2n) is 6.82. The molecular formula is C20H27N3O2S.